The number of carboxylic acids is 1. The van der Waals surface area contributed by atoms with Crippen molar-refractivity contribution in [1.29, 1.82) is 0 Å². The van der Waals surface area contributed by atoms with Crippen LogP contribution < -0.4 is 5.32 Å². The third-order valence-corrected chi connectivity index (χ3v) is 2.49. The summed E-state index contributed by atoms with van der Waals surface area (Å²) in [5.41, 5.74) is -0.664. The van der Waals surface area contributed by atoms with Crippen molar-refractivity contribution in [2.75, 3.05) is 5.32 Å². The Balaban J connectivity index is 2.33. The first-order valence-electron chi connectivity index (χ1n) is 5.47. The van der Waals surface area contributed by atoms with Crippen molar-refractivity contribution in [2.45, 2.75) is 0 Å². The van der Waals surface area contributed by atoms with Crippen LogP contribution in [0.4, 0.5) is 10.1 Å². The first kappa shape index (κ1) is 13.5. The van der Waals surface area contributed by atoms with Gasteiger partial charge in [-0.1, -0.05) is 0 Å². The molecule has 7 heteroatoms. The summed E-state index contributed by atoms with van der Waals surface area (Å²) in [6.07, 6.45) is 1.19. The van der Waals surface area contributed by atoms with Crippen LogP contribution in [0.25, 0.3) is 0 Å². The minimum atomic E-state index is -1.33. The zero-order valence-electron chi connectivity index (χ0n) is 10.0. The third-order valence-electron chi connectivity index (χ3n) is 2.49. The maximum atomic E-state index is 13.3. The largest absolute Gasteiger partial charge is 0.508 e. The van der Waals surface area contributed by atoms with E-state index in [1.54, 1.807) is 0 Å². The minimum Gasteiger partial charge on any atom is -0.508 e. The smallest absolute Gasteiger partial charge is 0.337 e. The Hall–Kier alpha value is -2.96. The maximum Gasteiger partial charge on any atom is 0.337 e. The molecule has 0 bridgehead atoms. The summed E-state index contributed by atoms with van der Waals surface area (Å²) in [7, 11) is 0. The molecule has 2 aromatic rings. The van der Waals surface area contributed by atoms with Gasteiger partial charge in [0.15, 0.2) is 0 Å². The lowest BCUT2D eigenvalue weighted by Gasteiger charge is -2.09. The summed E-state index contributed by atoms with van der Waals surface area (Å²) in [5.74, 6) is -3.37. The molecular formula is C13H9FN2O4. The van der Waals surface area contributed by atoms with Gasteiger partial charge in [-0.25, -0.2) is 9.78 Å². The Bertz CT molecular complexity index is 688. The molecule has 0 aliphatic carbocycles. The Labute approximate surface area is 112 Å². The van der Waals surface area contributed by atoms with Gasteiger partial charge >= 0.3 is 5.97 Å². The monoisotopic (exact) mass is 276 g/mol. The summed E-state index contributed by atoms with van der Waals surface area (Å²) >= 11 is 0. The number of aromatic hydroxyl groups is 1. The van der Waals surface area contributed by atoms with E-state index in [0.29, 0.717) is 0 Å². The SMILES string of the molecule is O=C(O)c1cc(O)ccc1NC(=O)c1cccnc1F. The second kappa shape index (κ2) is 5.35. The zero-order valence-corrected chi connectivity index (χ0v) is 10.0. The van der Waals surface area contributed by atoms with Crippen molar-refractivity contribution in [3.8, 4) is 5.75 Å². The fourth-order valence-corrected chi connectivity index (χ4v) is 1.56. The van der Waals surface area contributed by atoms with Gasteiger partial charge in [0.05, 0.1) is 16.8 Å². The molecule has 102 valence electrons. The van der Waals surface area contributed by atoms with Gasteiger partial charge in [-0.05, 0) is 30.3 Å². The van der Waals surface area contributed by atoms with E-state index < -0.39 is 17.8 Å². The van der Waals surface area contributed by atoms with Gasteiger partial charge in [-0.3, -0.25) is 4.79 Å². The highest BCUT2D eigenvalue weighted by Gasteiger charge is 2.16. The van der Waals surface area contributed by atoms with E-state index in [1.165, 1.54) is 30.5 Å². The standard InChI is InChI=1S/C13H9FN2O4/c14-11-8(2-1-5-15-11)12(18)16-10-4-3-7(17)6-9(10)13(19)20/h1-6,17H,(H,16,18)(H,19,20). The Morgan fingerprint density at radius 2 is 1.95 bits per heavy atom. The number of nitrogens with zero attached hydrogens (tertiary/aromatic N) is 1. The topological polar surface area (TPSA) is 99.5 Å². The van der Waals surface area contributed by atoms with Crippen LogP contribution in [0.5, 0.6) is 5.75 Å². The van der Waals surface area contributed by atoms with Gasteiger partial charge < -0.3 is 15.5 Å². The van der Waals surface area contributed by atoms with Crippen molar-refractivity contribution >= 4 is 17.6 Å². The van der Waals surface area contributed by atoms with Crippen LogP contribution >= 0.6 is 0 Å². The molecule has 3 N–H and O–H groups in total. The average Bonchev–Trinajstić information content (AvgIpc) is 2.41. The lowest BCUT2D eigenvalue weighted by molar-refractivity contribution is 0.0697. The van der Waals surface area contributed by atoms with E-state index in [4.69, 9.17) is 5.11 Å². The number of benzene rings is 1. The highest BCUT2D eigenvalue weighted by Crippen LogP contribution is 2.22. The number of pyridine rings is 1. The van der Waals surface area contributed by atoms with E-state index in [1.807, 2.05) is 0 Å². The molecule has 2 rings (SSSR count). The van der Waals surface area contributed by atoms with Gasteiger partial charge in [-0.2, -0.15) is 4.39 Å². The zero-order chi connectivity index (χ0) is 14.7. The fourth-order valence-electron chi connectivity index (χ4n) is 1.56. The molecule has 0 saturated carbocycles. The second-order valence-electron chi connectivity index (χ2n) is 3.83. The molecule has 0 unspecified atom stereocenters. The number of aromatic carboxylic acids is 1. The Morgan fingerprint density at radius 3 is 2.60 bits per heavy atom. The molecule has 1 amide bonds. The molecule has 0 atom stereocenters. The first-order chi connectivity index (χ1) is 9.49. The molecule has 0 spiro atoms. The van der Waals surface area contributed by atoms with Gasteiger partial charge in [0.1, 0.15) is 5.75 Å². The van der Waals surface area contributed by atoms with Crippen LogP contribution in [0.1, 0.15) is 20.7 Å². The van der Waals surface area contributed by atoms with Crippen LogP contribution in [0.3, 0.4) is 0 Å². The number of anilines is 1. The number of nitrogens with one attached hydrogen (secondary N) is 1. The number of halogens is 1. The predicted molar refractivity (Wildman–Crippen MR) is 67.2 cm³/mol. The highest BCUT2D eigenvalue weighted by atomic mass is 19.1. The van der Waals surface area contributed by atoms with Gasteiger partial charge in [0.2, 0.25) is 5.95 Å². The Morgan fingerprint density at radius 1 is 1.20 bits per heavy atom. The van der Waals surface area contributed by atoms with E-state index in [9.17, 15) is 19.1 Å². The number of phenols is 1. The summed E-state index contributed by atoms with van der Waals surface area (Å²) in [6.45, 7) is 0. The van der Waals surface area contributed by atoms with Crippen LogP contribution in [-0.2, 0) is 0 Å². The molecule has 1 heterocycles. The lowest BCUT2D eigenvalue weighted by Crippen LogP contribution is -2.16. The van der Waals surface area contributed by atoms with Crippen LogP contribution in [0.15, 0.2) is 36.5 Å². The molecule has 0 aliphatic heterocycles. The lowest BCUT2D eigenvalue weighted by atomic mass is 10.1. The van der Waals surface area contributed by atoms with Gasteiger partial charge in [-0.15, -0.1) is 0 Å². The van der Waals surface area contributed by atoms with Crippen molar-refractivity contribution in [3.05, 3.63) is 53.6 Å². The minimum absolute atomic E-state index is 0.0523. The second-order valence-corrected chi connectivity index (χ2v) is 3.83. The van der Waals surface area contributed by atoms with Crippen LogP contribution in [-0.4, -0.2) is 27.1 Å². The normalized spacial score (nSPS) is 10.1. The average molecular weight is 276 g/mol. The number of rotatable bonds is 3. The number of carboxylic acid groups (broad SMARTS) is 1. The van der Waals surface area contributed by atoms with E-state index in [-0.39, 0.29) is 22.6 Å². The number of phenolic OH excluding ortho intramolecular Hbond substituents is 1. The summed E-state index contributed by atoms with van der Waals surface area (Å²) in [5, 5.41) is 20.5. The van der Waals surface area contributed by atoms with Gasteiger partial charge in [0.25, 0.3) is 5.91 Å². The van der Waals surface area contributed by atoms with Crippen LogP contribution in [0.2, 0.25) is 0 Å². The molecular weight excluding hydrogens is 267 g/mol. The molecule has 0 saturated heterocycles. The third kappa shape index (κ3) is 2.72. The van der Waals surface area contributed by atoms with Crippen molar-refractivity contribution < 1.29 is 24.2 Å². The molecule has 0 aliphatic rings. The van der Waals surface area contributed by atoms with Crippen molar-refractivity contribution in [3.63, 3.8) is 0 Å². The molecule has 0 fully saturated rings. The molecule has 20 heavy (non-hydrogen) atoms. The quantitative estimate of drug-likeness (QED) is 0.587. The highest BCUT2D eigenvalue weighted by molar-refractivity contribution is 6.07. The molecule has 0 radical (unpaired) electrons. The predicted octanol–water partition coefficient (Wildman–Crippen LogP) is 1.88. The number of hydrogen-bond donors (Lipinski definition) is 3. The first-order valence-corrected chi connectivity index (χ1v) is 5.47. The number of aromatic nitrogens is 1. The van der Waals surface area contributed by atoms with E-state index >= 15 is 0 Å². The van der Waals surface area contributed by atoms with E-state index in [0.717, 1.165) is 6.07 Å². The molecule has 1 aromatic heterocycles. The van der Waals surface area contributed by atoms with E-state index in [2.05, 4.69) is 10.3 Å². The molecule has 6 nitrogen and oxygen atoms in total. The van der Waals surface area contributed by atoms with Crippen LogP contribution in [0, 0.1) is 5.95 Å². The maximum absolute atomic E-state index is 13.3. The summed E-state index contributed by atoms with van der Waals surface area (Å²) in [6, 6.07) is 6.01. The van der Waals surface area contributed by atoms with Crippen molar-refractivity contribution in [1.82, 2.24) is 4.98 Å². The Kier molecular flexibility index (Phi) is 3.60. The van der Waals surface area contributed by atoms with Gasteiger partial charge in [0, 0.05) is 6.20 Å². The van der Waals surface area contributed by atoms with Crippen molar-refractivity contribution in [2.24, 2.45) is 0 Å². The number of hydrogen-bond acceptors (Lipinski definition) is 4. The molecule has 1 aromatic carbocycles. The fraction of sp³-hybridized carbons (Fsp3) is 0. The number of amides is 1. The summed E-state index contributed by atoms with van der Waals surface area (Å²) in [4.78, 5) is 26.2. The number of carbonyl (C=O) groups is 2. The number of carbonyl (C=O) groups excluding carboxylic acids is 1. The summed E-state index contributed by atoms with van der Waals surface area (Å²) < 4.78 is 13.3.